The summed E-state index contributed by atoms with van der Waals surface area (Å²) in [4.78, 5) is 25.4. The Hall–Kier alpha value is -3.69. The predicted molar refractivity (Wildman–Crippen MR) is 133 cm³/mol. The molecule has 184 valence electrons. The van der Waals surface area contributed by atoms with E-state index < -0.39 is 28.0 Å². The van der Waals surface area contributed by atoms with Gasteiger partial charge in [0.05, 0.1) is 4.90 Å². The number of benzene rings is 3. The van der Waals surface area contributed by atoms with E-state index >= 15 is 0 Å². The Morgan fingerprint density at radius 1 is 0.857 bits per heavy atom. The molecule has 3 rings (SSSR count). The summed E-state index contributed by atoms with van der Waals surface area (Å²) in [6.45, 7) is 5.18. The van der Waals surface area contributed by atoms with Gasteiger partial charge in [0.15, 0.2) is 6.10 Å². The second kappa shape index (κ2) is 11.6. The third-order valence-electron chi connectivity index (χ3n) is 4.82. The monoisotopic (exact) mass is 496 g/mol. The van der Waals surface area contributed by atoms with Crippen molar-refractivity contribution in [1.82, 2.24) is 4.72 Å². The average Bonchev–Trinajstić information content (AvgIpc) is 2.83. The summed E-state index contributed by atoms with van der Waals surface area (Å²) >= 11 is 0. The lowest BCUT2D eigenvalue weighted by Gasteiger charge is -2.16. The molecule has 35 heavy (non-hydrogen) atoms. The van der Waals surface area contributed by atoms with E-state index in [2.05, 4.69) is 10.0 Å². The van der Waals surface area contributed by atoms with E-state index in [1.165, 1.54) is 31.2 Å². The Bertz CT molecular complexity index is 1260. The van der Waals surface area contributed by atoms with Gasteiger partial charge < -0.3 is 14.8 Å². The highest BCUT2D eigenvalue weighted by Gasteiger charge is 2.22. The van der Waals surface area contributed by atoms with E-state index in [0.717, 1.165) is 5.56 Å². The number of hydrogen-bond donors (Lipinski definition) is 2. The summed E-state index contributed by atoms with van der Waals surface area (Å²) in [5.41, 5.74) is 1.52. The van der Waals surface area contributed by atoms with Crippen molar-refractivity contribution in [3.8, 4) is 5.75 Å². The van der Waals surface area contributed by atoms with Crippen molar-refractivity contribution in [2.75, 3.05) is 5.32 Å². The zero-order chi connectivity index (χ0) is 25.4. The number of sulfonamides is 1. The van der Waals surface area contributed by atoms with Gasteiger partial charge in [-0.3, -0.25) is 4.79 Å². The highest BCUT2D eigenvalue weighted by molar-refractivity contribution is 7.89. The van der Waals surface area contributed by atoms with Crippen LogP contribution in [-0.2, 0) is 26.2 Å². The first-order chi connectivity index (χ1) is 16.7. The fourth-order valence-electron chi connectivity index (χ4n) is 3.11. The Morgan fingerprint density at radius 2 is 1.49 bits per heavy atom. The molecule has 0 heterocycles. The number of amides is 1. The molecular weight excluding hydrogens is 468 g/mol. The maximum atomic E-state index is 12.7. The van der Waals surface area contributed by atoms with Crippen LogP contribution in [0.15, 0.2) is 83.8 Å². The highest BCUT2D eigenvalue weighted by Crippen LogP contribution is 2.21. The van der Waals surface area contributed by atoms with Gasteiger partial charge in [-0.1, -0.05) is 42.5 Å². The van der Waals surface area contributed by atoms with Gasteiger partial charge in [0.1, 0.15) is 17.9 Å². The first-order valence-electron chi connectivity index (χ1n) is 11.1. The van der Waals surface area contributed by atoms with Gasteiger partial charge in [-0.2, -0.15) is 0 Å². The molecular formula is C26H28N2O6S. The van der Waals surface area contributed by atoms with Crippen LogP contribution in [-0.4, -0.2) is 32.4 Å². The lowest BCUT2D eigenvalue weighted by molar-refractivity contribution is -0.123. The van der Waals surface area contributed by atoms with Crippen LogP contribution >= 0.6 is 0 Å². The van der Waals surface area contributed by atoms with Gasteiger partial charge in [0.25, 0.3) is 5.91 Å². The van der Waals surface area contributed by atoms with E-state index in [0.29, 0.717) is 11.4 Å². The Kier molecular flexibility index (Phi) is 8.62. The van der Waals surface area contributed by atoms with Crippen molar-refractivity contribution in [3.63, 3.8) is 0 Å². The van der Waals surface area contributed by atoms with Crippen LogP contribution < -0.4 is 14.8 Å². The summed E-state index contributed by atoms with van der Waals surface area (Å²) in [6, 6.07) is 21.6. The minimum Gasteiger partial charge on any atom is -0.488 e. The van der Waals surface area contributed by atoms with E-state index in [4.69, 9.17) is 9.47 Å². The van der Waals surface area contributed by atoms with Crippen LogP contribution in [0.3, 0.4) is 0 Å². The fraction of sp³-hybridized carbons (Fsp3) is 0.231. The van der Waals surface area contributed by atoms with E-state index in [-0.39, 0.29) is 23.1 Å². The molecule has 0 aliphatic carbocycles. The molecule has 0 fully saturated rings. The predicted octanol–water partition coefficient (Wildman–Crippen LogP) is 4.14. The third-order valence-corrected chi connectivity index (χ3v) is 6.49. The lowest BCUT2D eigenvalue weighted by Crippen LogP contribution is -2.31. The number of carbonyl (C=O) groups excluding carboxylic acids is 2. The van der Waals surface area contributed by atoms with Gasteiger partial charge in [-0.15, -0.1) is 0 Å². The van der Waals surface area contributed by atoms with Gasteiger partial charge in [0, 0.05) is 11.7 Å². The summed E-state index contributed by atoms with van der Waals surface area (Å²) in [7, 11) is -3.64. The number of para-hydroxylation sites is 1. The van der Waals surface area contributed by atoms with E-state index in [1.54, 1.807) is 38.1 Å². The Balaban J connectivity index is 1.60. The van der Waals surface area contributed by atoms with Gasteiger partial charge in [0.2, 0.25) is 10.0 Å². The average molecular weight is 497 g/mol. The molecule has 0 spiro atoms. The quantitative estimate of drug-likeness (QED) is 0.408. The van der Waals surface area contributed by atoms with Crippen LogP contribution in [0.1, 0.15) is 36.7 Å². The fourth-order valence-corrected chi connectivity index (χ4v) is 4.36. The molecule has 2 N–H and O–H groups in total. The second-order valence-electron chi connectivity index (χ2n) is 8.11. The van der Waals surface area contributed by atoms with Crippen LogP contribution in [0.25, 0.3) is 0 Å². The minimum atomic E-state index is -3.64. The highest BCUT2D eigenvalue weighted by atomic mass is 32.2. The Labute approximate surface area is 205 Å². The summed E-state index contributed by atoms with van der Waals surface area (Å²) < 4.78 is 38.1. The normalized spacial score (nSPS) is 12.1. The number of anilines is 1. The molecule has 1 atom stereocenters. The molecule has 0 saturated heterocycles. The minimum absolute atomic E-state index is 0.0794. The first kappa shape index (κ1) is 25.9. The smallest absolute Gasteiger partial charge is 0.342 e. The molecule has 0 aliphatic rings. The molecule has 0 aromatic heterocycles. The zero-order valence-electron chi connectivity index (χ0n) is 19.7. The van der Waals surface area contributed by atoms with Crippen molar-refractivity contribution in [2.24, 2.45) is 0 Å². The lowest BCUT2D eigenvalue weighted by atomic mass is 10.2. The maximum absolute atomic E-state index is 12.7. The number of rotatable bonds is 10. The van der Waals surface area contributed by atoms with E-state index in [1.807, 2.05) is 30.3 Å². The topological polar surface area (TPSA) is 111 Å². The molecule has 0 saturated carbocycles. The van der Waals surface area contributed by atoms with Crippen molar-refractivity contribution >= 4 is 27.6 Å². The van der Waals surface area contributed by atoms with Crippen LogP contribution in [0, 0.1) is 0 Å². The van der Waals surface area contributed by atoms with Gasteiger partial charge in [-0.25, -0.2) is 17.9 Å². The first-order valence-corrected chi connectivity index (χ1v) is 12.5. The number of hydrogen-bond acceptors (Lipinski definition) is 6. The SMILES string of the molecule is CC(C)NS(=O)(=O)c1ccc(NC(=O)C(C)OC(=O)c2ccccc2OCc2ccccc2)cc1. The molecule has 1 unspecified atom stereocenters. The molecule has 8 nitrogen and oxygen atoms in total. The second-order valence-corrected chi connectivity index (χ2v) is 9.82. The van der Waals surface area contributed by atoms with Crippen molar-refractivity contribution < 1.29 is 27.5 Å². The largest absolute Gasteiger partial charge is 0.488 e. The molecule has 1 amide bonds. The van der Waals surface area contributed by atoms with Crippen molar-refractivity contribution in [1.29, 1.82) is 0 Å². The number of ether oxygens (including phenoxy) is 2. The molecule has 9 heteroatoms. The Morgan fingerprint density at radius 3 is 2.14 bits per heavy atom. The van der Waals surface area contributed by atoms with Crippen LogP contribution in [0.2, 0.25) is 0 Å². The standard InChI is InChI=1S/C26H28N2O6S/c1-18(2)28-35(31,32)22-15-13-21(14-16-22)27-25(29)19(3)34-26(30)23-11-7-8-12-24(23)33-17-20-9-5-4-6-10-20/h4-16,18-19,28H,17H2,1-3H3,(H,27,29). The number of esters is 1. The molecule has 0 aliphatic heterocycles. The molecule has 0 bridgehead atoms. The molecule has 0 radical (unpaired) electrons. The van der Waals surface area contributed by atoms with Gasteiger partial charge in [-0.05, 0) is 62.7 Å². The van der Waals surface area contributed by atoms with Crippen LogP contribution in [0.4, 0.5) is 5.69 Å². The van der Waals surface area contributed by atoms with Crippen molar-refractivity contribution in [3.05, 3.63) is 90.0 Å². The maximum Gasteiger partial charge on any atom is 0.342 e. The zero-order valence-corrected chi connectivity index (χ0v) is 20.5. The molecule has 3 aromatic carbocycles. The number of carbonyl (C=O) groups is 2. The van der Waals surface area contributed by atoms with Gasteiger partial charge >= 0.3 is 5.97 Å². The summed E-state index contributed by atoms with van der Waals surface area (Å²) in [5.74, 6) is -0.907. The third kappa shape index (κ3) is 7.40. The van der Waals surface area contributed by atoms with E-state index in [9.17, 15) is 18.0 Å². The van der Waals surface area contributed by atoms with Crippen LogP contribution in [0.5, 0.6) is 5.75 Å². The summed E-state index contributed by atoms with van der Waals surface area (Å²) in [5, 5.41) is 2.62. The van der Waals surface area contributed by atoms with Crippen molar-refractivity contribution in [2.45, 2.75) is 44.4 Å². The molecule has 3 aromatic rings. The number of nitrogens with one attached hydrogen (secondary N) is 2. The summed E-state index contributed by atoms with van der Waals surface area (Å²) in [6.07, 6.45) is -1.10.